The van der Waals surface area contributed by atoms with Gasteiger partial charge in [0.25, 0.3) is 0 Å². The van der Waals surface area contributed by atoms with Gasteiger partial charge < -0.3 is 15.5 Å². The van der Waals surface area contributed by atoms with E-state index in [1.54, 1.807) is 11.0 Å². The average molecular weight is 418 g/mol. The molecule has 1 aliphatic rings. The Morgan fingerprint density at radius 1 is 1.14 bits per heavy atom. The van der Waals surface area contributed by atoms with Crippen LogP contribution in [-0.2, 0) is 11.3 Å². The van der Waals surface area contributed by atoms with Crippen LogP contribution < -0.4 is 10.6 Å². The minimum absolute atomic E-state index is 0.0159. The molecule has 0 spiro atoms. The lowest BCUT2D eigenvalue weighted by molar-refractivity contribution is -0.121. The molecule has 29 heavy (non-hydrogen) atoms. The SMILES string of the molecule is O=C(CC[C@H]1CCCN(C(=O)Nc2ccc(F)cc2)C1)NCc1ccccc1Cl. The zero-order valence-electron chi connectivity index (χ0n) is 16.2. The number of nitrogens with one attached hydrogen (secondary N) is 2. The van der Waals surface area contributed by atoms with Gasteiger partial charge in [-0.15, -0.1) is 0 Å². The van der Waals surface area contributed by atoms with Gasteiger partial charge in [-0.05, 0) is 61.1 Å². The Morgan fingerprint density at radius 2 is 1.90 bits per heavy atom. The number of halogens is 2. The number of amides is 3. The topological polar surface area (TPSA) is 61.4 Å². The maximum Gasteiger partial charge on any atom is 0.321 e. The summed E-state index contributed by atoms with van der Waals surface area (Å²) < 4.78 is 13.0. The fourth-order valence-corrected chi connectivity index (χ4v) is 3.68. The Labute approximate surface area is 175 Å². The quantitative estimate of drug-likeness (QED) is 0.707. The number of likely N-dealkylation sites (tertiary alicyclic amines) is 1. The molecule has 3 rings (SSSR count). The van der Waals surface area contributed by atoms with E-state index in [9.17, 15) is 14.0 Å². The molecule has 5 nitrogen and oxygen atoms in total. The minimum atomic E-state index is -0.339. The van der Waals surface area contributed by atoms with E-state index in [2.05, 4.69) is 10.6 Å². The van der Waals surface area contributed by atoms with E-state index < -0.39 is 0 Å². The normalized spacial score (nSPS) is 16.3. The Kier molecular flexibility index (Phi) is 7.47. The number of rotatable bonds is 6. The molecule has 0 aliphatic carbocycles. The highest BCUT2D eigenvalue weighted by molar-refractivity contribution is 6.31. The van der Waals surface area contributed by atoms with Crippen molar-refractivity contribution < 1.29 is 14.0 Å². The first-order chi connectivity index (χ1) is 14.0. The molecule has 2 aromatic rings. The third-order valence-corrected chi connectivity index (χ3v) is 5.48. The first kappa shape index (κ1) is 21.1. The molecule has 0 bridgehead atoms. The average Bonchev–Trinajstić information content (AvgIpc) is 2.73. The van der Waals surface area contributed by atoms with Crippen molar-refractivity contribution in [1.82, 2.24) is 10.2 Å². The summed E-state index contributed by atoms with van der Waals surface area (Å²) in [4.78, 5) is 26.4. The number of carbonyl (C=O) groups is 2. The highest BCUT2D eigenvalue weighted by atomic mass is 35.5. The van der Waals surface area contributed by atoms with Gasteiger partial charge in [0.1, 0.15) is 5.82 Å². The second-order valence-corrected chi connectivity index (χ2v) is 7.71. The molecule has 154 valence electrons. The number of carbonyl (C=O) groups excluding carboxylic acids is 2. The molecule has 1 heterocycles. The van der Waals surface area contributed by atoms with Crippen molar-refractivity contribution in [2.75, 3.05) is 18.4 Å². The lowest BCUT2D eigenvalue weighted by Gasteiger charge is -2.32. The van der Waals surface area contributed by atoms with Crippen LogP contribution in [0.5, 0.6) is 0 Å². The standard InChI is InChI=1S/C22H25ClFN3O2/c23-20-6-2-1-5-17(20)14-25-21(28)12-7-16-4-3-13-27(15-16)22(29)26-19-10-8-18(24)9-11-19/h1-2,5-6,8-11,16H,3-4,7,12-15H2,(H,25,28)(H,26,29)/t16-/m1/s1. The van der Waals surface area contributed by atoms with Gasteiger partial charge in [-0.25, -0.2) is 9.18 Å². The summed E-state index contributed by atoms with van der Waals surface area (Å²) in [6.45, 7) is 1.71. The third-order valence-electron chi connectivity index (χ3n) is 5.12. The molecule has 1 saturated heterocycles. The van der Waals surface area contributed by atoms with Crippen LogP contribution in [0.2, 0.25) is 5.02 Å². The number of benzene rings is 2. The first-order valence-corrected chi connectivity index (χ1v) is 10.2. The smallest absolute Gasteiger partial charge is 0.321 e. The Hall–Kier alpha value is -2.60. The van der Waals surface area contributed by atoms with Crippen LogP contribution >= 0.6 is 11.6 Å². The summed E-state index contributed by atoms with van der Waals surface area (Å²) in [7, 11) is 0. The van der Waals surface area contributed by atoms with Gasteiger partial charge in [0, 0.05) is 36.8 Å². The maximum absolute atomic E-state index is 13.0. The fraction of sp³-hybridized carbons (Fsp3) is 0.364. The zero-order valence-corrected chi connectivity index (χ0v) is 16.9. The summed E-state index contributed by atoms with van der Waals surface area (Å²) in [6.07, 6.45) is 3.05. The summed E-state index contributed by atoms with van der Waals surface area (Å²) in [6, 6.07) is 13.0. The predicted octanol–water partition coefficient (Wildman–Crippen LogP) is 4.82. The third kappa shape index (κ3) is 6.46. The minimum Gasteiger partial charge on any atom is -0.352 e. The van der Waals surface area contributed by atoms with Gasteiger partial charge in [0.05, 0.1) is 0 Å². The molecule has 0 saturated carbocycles. The van der Waals surface area contributed by atoms with Crippen molar-refractivity contribution in [2.45, 2.75) is 32.2 Å². The van der Waals surface area contributed by atoms with Crippen LogP contribution in [0.3, 0.4) is 0 Å². The van der Waals surface area contributed by atoms with Gasteiger partial charge in [-0.1, -0.05) is 29.8 Å². The number of nitrogens with zero attached hydrogens (tertiary/aromatic N) is 1. The van der Waals surface area contributed by atoms with Crippen LogP contribution in [0.1, 0.15) is 31.2 Å². The molecule has 3 amide bonds. The van der Waals surface area contributed by atoms with Crippen molar-refractivity contribution in [3.8, 4) is 0 Å². The van der Waals surface area contributed by atoms with Gasteiger partial charge in [0.15, 0.2) is 0 Å². The van der Waals surface area contributed by atoms with Crippen LogP contribution in [0, 0.1) is 11.7 Å². The van der Waals surface area contributed by atoms with Crippen molar-refractivity contribution in [2.24, 2.45) is 5.92 Å². The molecule has 2 aromatic carbocycles. The first-order valence-electron chi connectivity index (χ1n) is 9.83. The monoisotopic (exact) mass is 417 g/mol. The molecule has 7 heteroatoms. The molecule has 0 unspecified atom stereocenters. The van der Waals surface area contributed by atoms with Crippen LogP contribution in [0.25, 0.3) is 0 Å². The Morgan fingerprint density at radius 3 is 2.66 bits per heavy atom. The summed E-state index contributed by atoms with van der Waals surface area (Å²) >= 11 is 6.10. The van der Waals surface area contributed by atoms with E-state index >= 15 is 0 Å². The van der Waals surface area contributed by atoms with Gasteiger partial charge >= 0.3 is 6.03 Å². The van der Waals surface area contributed by atoms with Crippen LogP contribution in [-0.4, -0.2) is 29.9 Å². The van der Waals surface area contributed by atoms with E-state index in [1.807, 2.05) is 18.2 Å². The molecule has 1 fully saturated rings. The van der Waals surface area contributed by atoms with Crippen LogP contribution in [0.15, 0.2) is 48.5 Å². The van der Waals surface area contributed by atoms with E-state index in [4.69, 9.17) is 11.6 Å². The molecule has 1 atom stereocenters. The molecule has 2 N–H and O–H groups in total. The summed E-state index contributed by atoms with van der Waals surface area (Å²) in [5, 5.41) is 6.34. The van der Waals surface area contributed by atoms with Crippen molar-refractivity contribution in [1.29, 1.82) is 0 Å². The van der Waals surface area contributed by atoms with E-state index in [0.717, 1.165) is 24.8 Å². The Bertz CT molecular complexity index is 844. The lowest BCUT2D eigenvalue weighted by atomic mass is 9.93. The second kappa shape index (κ2) is 10.3. The number of hydrogen-bond acceptors (Lipinski definition) is 2. The van der Waals surface area contributed by atoms with E-state index in [-0.39, 0.29) is 23.7 Å². The van der Waals surface area contributed by atoms with Crippen molar-refractivity contribution >= 4 is 29.2 Å². The largest absolute Gasteiger partial charge is 0.352 e. The molecular formula is C22H25ClFN3O2. The van der Waals surface area contributed by atoms with Crippen molar-refractivity contribution in [3.05, 3.63) is 64.9 Å². The second-order valence-electron chi connectivity index (χ2n) is 7.30. The molecule has 0 radical (unpaired) electrons. The van der Waals surface area contributed by atoms with Crippen molar-refractivity contribution in [3.63, 3.8) is 0 Å². The molecule has 1 aliphatic heterocycles. The summed E-state index contributed by atoms with van der Waals surface area (Å²) in [5.74, 6) is -0.0690. The lowest BCUT2D eigenvalue weighted by Crippen LogP contribution is -2.42. The van der Waals surface area contributed by atoms with Gasteiger partial charge in [0.2, 0.25) is 5.91 Å². The van der Waals surface area contributed by atoms with Gasteiger partial charge in [-0.3, -0.25) is 4.79 Å². The number of hydrogen-bond donors (Lipinski definition) is 2. The highest BCUT2D eigenvalue weighted by Crippen LogP contribution is 2.22. The molecular weight excluding hydrogens is 393 g/mol. The number of piperidine rings is 1. The fourth-order valence-electron chi connectivity index (χ4n) is 3.48. The summed E-state index contributed by atoms with van der Waals surface area (Å²) in [5.41, 5.74) is 1.46. The highest BCUT2D eigenvalue weighted by Gasteiger charge is 2.24. The number of urea groups is 1. The van der Waals surface area contributed by atoms with Crippen LogP contribution in [0.4, 0.5) is 14.9 Å². The maximum atomic E-state index is 13.0. The van der Waals surface area contributed by atoms with E-state index in [0.29, 0.717) is 36.8 Å². The zero-order chi connectivity index (χ0) is 20.6. The Balaban J connectivity index is 1.42. The molecule has 0 aromatic heterocycles. The van der Waals surface area contributed by atoms with E-state index in [1.165, 1.54) is 24.3 Å². The van der Waals surface area contributed by atoms with Gasteiger partial charge in [-0.2, -0.15) is 0 Å². The predicted molar refractivity (Wildman–Crippen MR) is 112 cm³/mol. The number of anilines is 1.